The van der Waals surface area contributed by atoms with E-state index in [0.29, 0.717) is 11.3 Å². The van der Waals surface area contributed by atoms with Crippen LogP contribution in [0.1, 0.15) is 37.5 Å². The maximum Gasteiger partial charge on any atom is 0.239 e. The first-order valence-electron chi connectivity index (χ1n) is 8.21. The molecule has 134 valence electrons. The zero-order valence-electron chi connectivity index (χ0n) is 15.2. The van der Waals surface area contributed by atoms with Gasteiger partial charge in [-0.25, -0.2) is 8.42 Å². The van der Waals surface area contributed by atoms with Crippen molar-refractivity contribution >= 4 is 21.4 Å². The van der Waals surface area contributed by atoms with Gasteiger partial charge in [0, 0.05) is 5.69 Å². The van der Waals surface area contributed by atoms with Crippen molar-refractivity contribution in [2.75, 3.05) is 11.1 Å². The molecule has 0 aromatic heterocycles. The smallest absolute Gasteiger partial charge is 0.239 e. The van der Waals surface area contributed by atoms with E-state index in [2.05, 4.69) is 26.1 Å². The molecule has 0 aliphatic carbocycles. The summed E-state index contributed by atoms with van der Waals surface area (Å²) < 4.78 is 24.5. The quantitative estimate of drug-likeness (QED) is 0.882. The van der Waals surface area contributed by atoms with Gasteiger partial charge in [0.05, 0.1) is 5.75 Å². The summed E-state index contributed by atoms with van der Waals surface area (Å²) in [6, 6.07) is 14.8. The third-order valence-corrected chi connectivity index (χ3v) is 5.33. The van der Waals surface area contributed by atoms with Gasteiger partial charge in [-0.3, -0.25) is 4.79 Å². The second-order valence-corrected chi connectivity index (χ2v) is 9.46. The Kier molecular flexibility index (Phi) is 5.68. The summed E-state index contributed by atoms with van der Waals surface area (Å²) in [6.45, 7) is 8.24. The third kappa shape index (κ3) is 6.02. The molecule has 25 heavy (non-hydrogen) atoms. The van der Waals surface area contributed by atoms with Crippen LogP contribution in [0, 0.1) is 6.92 Å². The fraction of sp³-hybridized carbons (Fsp3) is 0.350. The summed E-state index contributed by atoms with van der Waals surface area (Å²) in [6.07, 6.45) is 0. The number of anilines is 1. The predicted molar refractivity (Wildman–Crippen MR) is 102 cm³/mol. The van der Waals surface area contributed by atoms with Gasteiger partial charge in [0.15, 0.2) is 9.84 Å². The van der Waals surface area contributed by atoms with Gasteiger partial charge < -0.3 is 5.32 Å². The number of carbonyl (C=O) groups is 1. The molecule has 2 aromatic carbocycles. The van der Waals surface area contributed by atoms with E-state index in [9.17, 15) is 13.2 Å². The van der Waals surface area contributed by atoms with Crippen LogP contribution in [0.15, 0.2) is 48.5 Å². The van der Waals surface area contributed by atoms with E-state index in [1.54, 1.807) is 18.2 Å². The molecule has 5 heteroatoms. The number of rotatable bonds is 5. The van der Waals surface area contributed by atoms with Crippen LogP contribution >= 0.6 is 0 Å². The van der Waals surface area contributed by atoms with Gasteiger partial charge in [0.1, 0.15) is 5.75 Å². The number of aryl methyl sites for hydroxylation is 1. The van der Waals surface area contributed by atoms with Crippen LogP contribution in [-0.4, -0.2) is 20.1 Å². The highest BCUT2D eigenvalue weighted by atomic mass is 32.2. The van der Waals surface area contributed by atoms with E-state index in [4.69, 9.17) is 0 Å². The van der Waals surface area contributed by atoms with Crippen molar-refractivity contribution in [2.24, 2.45) is 0 Å². The van der Waals surface area contributed by atoms with Gasteiger partial charge in [-0.05, 0) is 35.6 Å². The molecule has 0 fully saturated rings. The van der Waals surface area contributed by atoms with Crippen molar-refractivity contribution in [3.8, 4) is 0 Å². The van der Waals surface area contributed by atoms with Crippen LogP contribution in [0.25, 0.3) is 0 Å². The first-order valence-corrected chi connectivity index (χ1v) is 10.0. The monoisotopic (exact) mass is 359 g/mol. The Morgan fingerprint density at radius 1 is 1.04 bits per heavy atom. The number of hydrogen-bond donors (Lipinski definition) is 1. The van der Waals surface area contributed by atoms with Crippen molar-refractivity contribution in [1.82, 2.24) is 0 Å². The number of nitrogens with one attached hydrogen (secondary N) is 1. The number of carbonyl (C=O) groups excluding carboxylic acids is 1. The SMILES string of the molecule is Cc1cccc(CS(=O)(=O)CC(=O)Nc2ccc(C(C)(C)C)cc2)c1. The lowest BCUT2D eigenvalue weighted by atomic mass is 9.87. The summed E-state index contributed by atoms with van der Waals surface area (Å²) in [5, 5.41) is 2.66. The summed E-state index contributed by atoms with van der Waals surface area (Å²) in [5.74, 6) is -1.18. The van der Waals surface area contributed by atoms with Crippen LogP contribution in [0.2, 0.25) is 0 Å². The molecule has 0 atom stereocenters. The maximum atomic E-state index is 12.2. The Bertz CT molecular complexity index is 847. The lowest BCUT2D eigenvalue weighted by molar-refractivity contribution is -0.113. The Morgan fingerprint density at radius 3 is 2.24 bits per heavy atom. The van der Waals surface area contributed by atoms with Gasteiger partial charge in [-0.1, -0.05) is 62.7 Å². The minimum Gasteiger partial charge on any atom is -0.325 e. The Morgan fingerprint density at radius 2 is 1.68 bits per heavy atom. The summed E-state index contributed by atoms with van der Waals surface area (Å²) in [4.78, 5) is 12.1. The molecule has 0 saturated carbocycles. The normalized spacial score (nSPS) is 12.0. The second kappa shape index (κ2) is 7.40. The molecule has 0 saturated heterocycles. The second-order valence-electron chi connectivity index (χ2n) is 7.40. The Balaban J connectivity index is 1.99. The van der Waals surface area contributed by atoms with Gasteiger partial charge in [-0.15, -0.1) is 0 Å². The predicted octanol–water partition coefficient (Wildman–Crippen LogP) is 3.85. The van der Waals surface area contributed by atoms with E-state index >= 15 is 0 Å². The zero-order valence-corrected chi connectivity index (χ0v) is 16.0. The standard InChI is InChI=1S/C20H25NO3S/c1-15-6-5-7-16(12-15)13-25(23,24)14-19(22)21-18-10-8-17(9-11-18)20(2,3)4/h5-12H,13-14H2,1-4H3,(H,21,22). The lowest BCUT2D eigenvalue weighted by Crippen LogP contribution is -2.24. The molecule has 0 unspecified atom stereocenters. The first-order chi connectivity index (χ1) is 11.5. The van der Waals surface area contributed by atoms with E-state index in [1.165, 1.54) is 0 Å². The van der Waals surface area contributed by atoms with E-state index in [0.717, 1.165) is 11.1 Å². The summed E-state index contributed by atoms with van der Waals surface area (Å²) in [5.41, 5.74) is 3.47. The summed E-state index contributed by atoms with van der Waals surface area (Å²) in [7, 11) is -3.51. The average molecular weight is 359 g/mol. The van der Waals surface area contributed by atoms with Crippen molar-refractivity contribution < 1.29 is 13.2 Å². The largest absolute Gasteiger partial charge is 0.325 e. The topological polar surface area (TPSA) is 63.2 Å². The molecule has 0 heterocycles. The lowest BCUT2D eigenvalue weighted by Gasteiger charge is -2.19. The fourth-order valence-electron chi connectivity index (χ4n) is 2.56. The number of hydrogen-bond acceptors (Lipinski definition) is 3. The molecule has 0 aliphatic rings. The average Bonchev–Trinajstić information content (AvgIpc) is 2.45. The highest BCUT2D eigenvalue weighted by molar-refractivity contribution is 7.91. The Hall–Kier alpha value is -2.14. The molecule has 1 amide bonds. The molecule has 0 spiro atoms. The zero-order chi connectivity index (χ0) is 18.7. The summed E-state index contributed by atoms with van der Waals surface area (Å²) >= 11 is 0. The van der Waals surface area contributed by atoms with E-state index in [-0.39, 0.29) is 11.2 Å². The van der Waals surface area contributed by atoms with Crippen LogP contribution in [-0.2, 0) is 25.8 Å². The van der Waals surface area contributed by atoms with Gasteiger partial charge in [0.2, 0.25) is 5.91 Å². The molecule has 0 bridgehead atoms. The van der Waals surface area contributed by atoms with Crippen molar-refractivity contribution in [3.05, 3.63) is 65.2 Å². The van der Waals surface area contributed by atoms with Crippen molar-refractivity contribution in [2.45, 2.75) is 38.9 Å². The first kappa shape index (κ1) is 19.2. The molecule has 2 aromatic rings. The van der Waals surface area contributed by atoms with Gasteiger partial charge >= 0.3 is 0 Å². The highest BCUT2D eigenvalue weighted by Gasteiger charge is 2.18. The van der Waals surface area contributed by atoms with Crippen molar-refractivity contribution in [1.29, 1.82) is 0 Å². The van der Waals surface area contributed by atoms with Crippen LogP contribution in [0.3, 0.4) is 0 Å². The maximum absolute atomic E-state index is 12.2. The van der Waals surface area contributed by atoms with E-state index in [1.807, 2.05) is 37.3 Å². The molecular weight excluding hydrogens is 334 g/mol. The van der Waals surface area contributed by atoms with E-state index < -0.39 is 21.5 Å². The van der Waals surface area contributed by atoms with Crippen LogP contribution in [0.4, 0.5) is 5.69 Å². The fourth-order valence-corrected chi connectivity index (χ4v) is 3.82. The molecule has 4 nitrogen and oxygen atoms in total. The number of benzene rings is 2. The van der Waals surface area contributed by atoms with Gasteiger partial charge in [0.25, 0.3) is 0 Å². The molecule has 0 radical (unpaired) electrons. The van der Waals surface area contributed by atoms with Crippen molar-refractivity contribution in [3.63, 3.8) is 0 Å². The number of sulfone groups is 1. The van der Waals surface area contributed by atoms with Crippen LogP contribution in [0.5, 0.6) is 0 Å². The van der Waals surface area contributed by atoms with Gasteiger partial charge in [-0.2, -0.15) is 0 Å². The number of amides is 1. The molecular formula is C20H25NO3S. The Labute approximate surface area is 150 Å². The third-order valence-electron chi connectivity index (χ3n) is 3.85. The van der Waals surface area contributed by atoms with Crippen LogP contribution < -0.4 is 5.32 Å². The molecule has 1 N–H and O–H groups in total. The minimum atomic E-state index is -3.51. The molecule has 0 aliphatic heterocycles. The minimum absolute atomic E-state index is 0.0275. The highest BCUT2D eigenvalue weighted by Crippen LogP contribution is 2.23. The molecule has 2 rings (SSSR count).